The van der Waals surface area contributed by atoms with Gasteiger partial charge in [-0.3, -0.25) is 9.69 Å². The number of likely N-dealkylation sites (tertiary alicyclic amines) is 2. The highest BCUT2D eigenvalue weighted by Gasteiger charge is 2.31. The van der Waals surface area contributed by atoms with E-state index in [0.29, 0.717) is 25.2 Å². The second kappa shape index (κ2) is 7.92. The van der Waals surface area contributed by atoms with E-state index in [4.69, 9.17) is 5.14 Å². The predicted molar refractivity (Wildman–Crippen MR) is 89.9 cm³/mol. The number of nitrogens with two attached hydrogens (primary N) is 1. The van der Waals surface area contributed by atoms with Gasteiger partial charge < -0.3 is 4.90 Å². The Kier molecular flexibility index (Phi) is 6.41. The van der Waals surface area contributed by atoms with Crippen molar-refractivity contribution in [3.05, 3.63) is 0 Å². The van der Waals surface area contributed by atoms with Gasteiger partial charge in [-0.1, -0.05) is 0 Å². The van der Waals surface area contributed by atoms with Gasteiger partial charge in [-0.2, -0.15) is 8.42 Å². The lowest BCUT2D eigenvalue weighted by Crippen LogP contribution is -2.52. The van der Waals surface area contributed by atoms with Crippen LogP contribution in [0.2, 0.25) is 0 Å². The SMILES string of the molecule is C[C@@H]1CCC[C@H](C)N1C(=O)CN1CCC[C@H](CNS(N)(=O)=O)C1. The van der Waals surface area contributed by atoms with Gasteiger partial charge in [0.05, 0.1) is 6.54 Å². The molecule has 0 saturated carbocycles. The quantitative estimate of drug-likeness (QED) is 0.747. The molecule has 0 bridgehead atoms. The van der Waals surface area contributed by atoms with Gasteiger partial charge in [0.1, 0.15) is 0 Å². The van der Waals surface area contributed by atoms with Crippen LogP contribution in [0.5, 0.6) is 0 Å². The van der Waals surface area contributed by atoms with E-state index in [0.717, 1.165) is 38.8 Å². The molecule has 23 heavy (non-hydrogen) atoms. The van der Waals surface area contributed by atoms with Gasteiger partial charge in [-0.05, 0) is 58.4 Å². The Balaban J connectivity index is 1.85. The first-order chi connectivity index (χ1) is 10.8. The molecule has 0 aliphatic carbocycles. The lowest BCUT2D eigenvalue weighted by molar-refractivity contribution is -0.138. The average molecular weight is 346 g/mol. The van der Waals surface area contributed by atoms with Crippen molar-refractivity contribution in [1.29, 1.82) is 0 Å². The minimum atomic E-state index is -3.64. The molecule has 0 spiro atoms. The summed E-state index contributed by atoms with van der Waals surface area (Å²) < 4.78 is 24.4. The zero-order chi connectivity index (χ0) is 17.0. The molecule has 2 aliphatic heterocycles. The van der Waals surface area contributed by atoms with E-state index < -0.39 is 10.2 Å². The molecule has 0 aromatic carbocycles. The van der Waals surface area contributed by atoms with Crippen molar-refractivity contribution >= 4 is 16.1 Å². The molecule has 0 unspecified atom stereocenters. The summed E-state index contributed by atoms with van der Waals surface area (Å²) in [6.45, 7) is 6.67. The van der Waals surface area contributed by atoms with Crippen LogP contribution in [0.25, 0.3) is 0 Å². The molecule has 7 nitrogen and oxygen atoms in total. The third kappa shape index (κ3) is 5.70. The van der Waals surface area contributed by atoms with E-state index in [1.165, 1.54) is 6.42 Å². The number of nitrogens with one attached hydrogen (secondary N) is 1. The fourth-order valence-corrected chi connectivity index (χ4v) is 4.35. The third-order valence-corrected chi connectivity index (χ3v) is 5.59. The van der Waals surface area contributed by atoms with E-state index in [1.807, 2.05) is 4.90 Å². The maximum absolute atomic E-state index is 12.7. The maximum atomic E-state index is 12.7. The molecular formula is C15H30N4O3S. The van der Waals surface area contributed by atoms with E-state index in [-0.39, 0.29) is 11.8 Å². The number of hydrogen-bond donors (Lipinski definition) is 2. The fraction of sp³-hybridized carbons (Fsp3) is 0.933. The average Bonchev–Trinajstić information content (AvgIpc) is 2.44. The number of hydrogen-bond acceptors (Lipinski definition) is 4. The first-order valence-electron chi connectivity index (χ1n) is 8.57. The van der Waals surface area contributed by atoms with Gasteiger partial charge in [0.15, 0.2) is 0 Å². The third-order valence-electron chi connectivity index (χ3n) is 5.02. The summed E-state index contributed by atoms with van der Waals surface area (Å²) in [5, 5.41) is 4.98. The maximum Gasteiger partial charge on any atom is 0.274 e. The van der Waals surface area contributed by atoms with Crippen molar-refractivity contribution in [1.82, 2.24) is 14.5 Å². The van der Waals surface area contributed by atoms with Crippen LogP contribution in [0.3, 0.4) is 0 Å². The molecule has 0 aromatic rings. The van der Waals surface area contributed by atoms with Crippen LogP contribution in [-0.4, -0.2) is 62.4 Å². The predicted octanol–water partition coefficient (Wildman–Crippen LogP) is 0.281. The van der Waals surface area contributed by atoms with Crippen molar-refractivity contribution < 1.29 is 13.2 Å². The molecule has 2 heterocycles. The minimum absolute atomic E-state index is 0.199. The lowest BCUT2D eigenvalue weighted by Gasteiger charge is -2.41. The molecule has 2 fully saturated rings. The summed E-state index contributed by atoms with van der Waals surface area (Å²) >= 11 is 0. The normalized spacial score (nSPS) is 30.4. The summed E-state index contributed by atoms with van der Waals surface area (Å²) in [6, 6.07) is 0.631. The highest BCUT2D eigenvalue weighted by Crippen LogP contribution is 2.23. The molecule has 0 aromatic heterocycles. The topological polar surface area (TPSA) is 95.7 Å². The summed E-state index contributed by atoms with van der Waals surface area (Å²) in [5.41, 5.74) is 0. The van der Waals surface area contributed by atoms with Gasteiger partial charge in [-0.25, -0.2) is 9.86 Å². The summed E-state index contributed by atoms with van der Waals surface area (Å²) in [7, 11) is -3.64. The van der Waals surface area contributed by atoms with Gasteiger partial charge in [0, 0.05) is 25.2 Å². The van der Waals surface area contributed by atoms with E-state index in [9.17, 15) is 13.2 Å². The second-order valence-corrected chi connectivity index (χ2v) is 8.45. The second-order valence-electron chi connectivity index (χ2n) is 7.07. The highest BCUT2D eigenvalue weighted by molar-refractivity contribution is 7.87. The lowest BCUT2D eigenvalue weighted by atomic mass is 9.96. The first kappa shape index (κ1) is 18.6. The standard InChI is InChI=1S/C15H30N4O3S/c1-12-5-3-6-13(2)19(12)15(20)11-18-8-4-7-14(10-18)9-17-23(16,21)22/h12-14,17H,3-11H2,1-2H3,(H2,16,21,22)/t12-,13+,14-/m1/s1. The number of rotatable bonds is 5. The Morgan fingerprint density at radius 2 is 1.83 bits per heavy atom. The Bertz CT molecular complexity index is 501. The molecule has 0 radical (unpaired) electrons. The smallest absolute Gasteiger partial charge is 0.274 e. The zero-order valence-corrected chi connectivity index (χ0v) is 15.0. The summed E-state index contributed by atoms with van der Waals surface area (Å²) in [5.74, 6) is 0.413. The Hall–Kier alpha value is -0.700. The molecule has 2 saturated heterocycles. The van der Waals surface area contributed by atoms with Crippen LogP contribution >= 0.6 is 0 Å². The number of amides is 1. The molecule has 2 aliphatic rings. The molecule has 3 atom stereocenters. The molecule has 3 N–H and O–H groups in total. The minimum Gasteiger partial charge on any atom is -0.336 e. The summed E-state index contributed by atoms with van der Waals surface area (Å²) in [6.07, 6.45) is 5.30. The van der Waals surface area contributed by atoms with Crippen molar-refractivity contribution in [2.75, 3.05) is 26.2 Å². The molecule has 1 amide bonds. The molecule has 2 rings (SSSR count). The Morgan fingerprint density at radius 1 is 1.17 bits per heavy atom. The van der Waals surface area contributed by atoms with Crippen molar-refractivity contribution in [2.45, 2.75) is 58.0 Å². The van der Waals surface area contributed by atoms with Crippen LogP contribution in [-0.2, 0) is 15.0 Å². The van der Waals surface area contributed by atoms with Crippen LogP contribution < -0.4 is 9.86 Å². The van der Waals surface area contributed by atoms with Gasteiger partial charge in [0.2, 0.25) is 5.91 Å². The molecule has 134 valence electrons. The Morgan fingerprint density at radius 3 is 2.43 bits per heavy atom. The highest BCUT2D eigenvalue weighted by atomic mass is 32.2. The number of nitrogens with zero attached hydrogens (tertiary/aromatic N) is 2. The van der Waals surface area contributed by atoms with Crippen molar-refractivity contribution in [3.63, 3.8) is 0 Å². The molecule has 8 heteroatoms. The Labute approximate surface area is 139 Å². The first-order valence-corrected chi connectivity index (χ1v) is 10.1. The number of piperidine rings is 2. The molecular weight excluding hydrogens is 316 g/mol. The zero-order valence-electron chi connectivity index (χ0n) is 14.2. The van der Waals surface area contributed by atoms with E-state index in [2.05, 4.69) is 23.5 Å². The summed E-state index contributed by atoms with van der Waals surface area (Å²) in [4.78, 5) is 16.8. The van der Waals surface area contributed by atoms with Crippen LogP contribution in [0.1, 0.15) is 46.0 Å². The van der Waals surface area contributed by atoms with Gasteiger partial charge >= 0.3 is 0 Å². The van der Waals surface area contributed by atoms with Crippen molar-refractivity contribution in [2.24, 2.45) is 11.1 Å². The number of carbonyl (C=O) groups excluding carboxylic acids is 1. The van der Waals surface area contributed by atoms with Crippen LogP contribution in [0.15, 0.2) is 0 Å². The van der Waals surface area contributed by atoms with Crippen molar-refractivity contribution in [3.8, 4) is 0 Å². The van der Waals surface area contributed by atoms with E-state index >= 15 is 0 Å². The van der Waals surface area contributed by atoms with Crippen LogP contribution in [0, 0.1) is 5.92 Å². The van der Waals surface area contributed by atoms with E-state index in [1.54, 1.807) is 0 Å². The van der Waals surface area contributed by atoms with Gasteiger partial charge in [0.25, 0.3) is 10.2 Å². The number of carbonyl (C=O) groups is 1. The van der Waals surface area contributed by atoms with Gasteiger partial charge in [-0.15, -0.1) is 0 Å². The largest absolute Gasteiger partial charge is 0.336 e. The van der Waals surface area contributed by atoms with Crippen LogP contribution in [0.4, 0.5) is 0 Å². The fourth-order valence-electron chi connectivity index (χ4n) is 3.88. The monoisotopic (exact) mass is 346 g/mol.